The number of ether oxygens (including phenoxy) is 2. The third-order valence-corrected chi connectivity index (χ3v) is 2.49. The van der Waals surface area contributed by atoms with E-state index in [-0.39, 0.29) is 17.2 Å². The summed E-state index contributed by atoms with van der Waals surface area (Å²) in [5.41, 5.74) is -0.783. The van der Waals surface area contributed by atoms with Gasteiger partial charge in [0.1, 0.15) is 11.3 Å². The topological polar surface area (TPSA) is 61.3 Å². The molecule has 0 fully saturated rings. The molecule has 2 aromatic rings. The summed E-state index contributed by atoms with van der Waals surface area (Å²) in [4.78, 5) is 11.5. The van der Waals surface area contributed by atoms with Crippen LogP contribution in [0.1, 0.15) is 15.9 Å². The fraction of sp³-hybridized carbons (Fsp3) is 0.154. The molecule has 0 aliphatic carbocycles. The quantitative estimate of drug-likeness (QED) is 0.815. The molecule has 0 unspecified atom stereocenters. The molecular weight excluding hydrogens is 289 g/mol. The Labute approximate surface area is 117 Å². The average Bonchev–Trinajstić information content (AvgIpc) is 2.46. The van der Waals surface area contributed by atoms with Gasteiger partial charge in [-0.15, -0.1) is 5.10 Å². The van der Waals surface area contributed by atoms with Crippen molar-refractivity contribution in [3.05, 3.63) is 47.7 Å². The van der Waals surface area contributed by atoms with Crippen molar-refractivity contribution in [1.82, 2.24) is 10.2 Å². The second kappa shape index (κ2) is 5.78. The molecule has 1 aromatic heterocycles. The van der Waals surface area contributed by atoms with E-state index < -0.39 is 17.7 Å². The maximum Gasteiger partial charge on any atom is 0.416 e. The van der Waals surface area contributed by atoms with Crippen LogP contribution in [0.5, 0.6) is 11.6 Å². The van der Waals surface area contributed by atoms with Crippen molar-refractivity contribution in [3.63, 3.8) is 0 Å². The lowest BCUT2D eigenvalue weighted by Crippen LogP contribution is -2.06. The summed E-state index contributed by atoms with van der Waals surface area (Å²) in [5, 5.41) is 7.17. The van der Waals surface area contributed by atoms with Crippen molar-refractivity contribution in [2.75, 3.05) is 7.11 Å². The van der Waals surface area contributed by atoms with Gasteiger partial charge in [0.05, 0.1) is 18.9 Å². The van der Waals surface area contributed by atoms with Gasteiger partial charge in [-0.1, -0.05) is 0 Å². The zero-order chi connectivity index (χ0) is 15.5. The van der Waals surface area contributed by atoms with Gasteiger partial charge in [-0.2, -0.15) is 18.3 Å². The van der Waals surface area contributed by atoms with Crippen molar-refractivity contribution in [2.45, 2.75) is 6.18 Å². The highest BCUT2D eigenvalue weighted by Gasteiger charge is 2.30. The van der Waals surface area contributed by atoms with Crippen LogP contribution in [0.3, 0.4) is 0 Å². The molecule has 0 radical (unpaired) electrons. The summed E-state index contributed by atoms with van der Waals surface area (Å²) in [5.74, 6) is -0.746. The van der Waals surface area contributed by atoms with Crippen LogP contribution in [0, 0.1) is 0 Å². The number of benzene rings is 1. The van der Waals surface area contributed by atoms with Gasteiger partial charge in [-0.3, -0.25) is 0 Å². The van der Waals surface area contributed by atoms with Gasteiger partial charge >= 0.3 is 12.1 Å². The van der Waals surface area contributed by atoms with Gasteiger partial charge in [-0.05, 0) is 30.3 Å². The third-order valence-electron chi connectivity index (χ3n) is 2.49. The van der Waals surface area contributed by atoms with E-state index in [4.69, 9.17) is 4.74 Å². The van der Waals surface area contributed by atoms with Crippen molar-refractivity contribution in [3.8, 4) is 11.6 Å². The molecule has 2 rings (SSSR count). The molecule has 1 heterocycles. The smallest absolute Gasteiger partial charge is 0.416 e. The molecule has 0 saturated carbocycles. The SMILES string of the molecule is COC(=O)c1ccnnc1Oc1ccc(C(F)(F)F)cc1. The highest BCUT2D eigenvalue weighted by atomic mass is 19.4. The molecule has 110 valence electrons. The Morgan fingerprint density at radius 1 is 1.14 bits per heavy atom. The first-order valence-electron chi connectivity index (χ1n) is 5.67. The Bertz CT molecular complexity index is 642. The number of halogens is 3. The van der Waals surface area contributed by atoms with Crippen LogP contribution in [0.4, 0.5) is 13.2 Å². The van der Waals surface area contributed by atoms with Gasteiger partial charge < -0.3 is 9.47 Å². The van der Waals surface area contributed by atoms with E-state index in [0.717, 1.165) is 24.3 Å². The molecule has 0 amide bonds. The number of carbonyl (C=O) groups is 1. The van der Waals surface area contributed by atoms with E-state index in [9.17, 15) is 18.0 Å². The molecular formula is C13H9F3N2O3. The number of hydrogen-bond acceptors (Lipinski definition) is 5. The van der Waals surface area contributed by atoms with Crippen molar-refractivity contribution in [2.24, 2.45) is 0 Å². The lowest BCUT2D eigenvalue weighted by molar-refractivity contribution is -0.137. The number of alkyl halides is 3. The number of hydrogen-bond donors (Lipinski definition) is 0. The van der Waals surface area contributed by atoms with Gasteiger partial charge in [0.15, 0.2) is 0 Å². The Morgan fingerprint density at radius 3 is 2.38 bits per heavy atom. The van der Waals surface area contributed by atoms with Crippen molar-refractivity contribution < 1.29 is 27.4 Å². The molecule has 0 spiro atoms. The van der Waals surface area contributed by atoms with Crippen LogP contribution in [-0.4, -0.2) is 23.3 Å². The maximum atomic E-state index is 12.4. The summed E-state index contributed by atoms with van der Waals surface area (Å²) < 4.78 is 47.1. The molecule has 0 aliphatic rings. The highest BCUT2D eigenvalue weighted by molar-refractivity contribution is 5.91. The number of methoxy groups -OCH3 is 1. The van der Waals surface area contributed by atoms with E-state index >= 15 is 0 Å². The first-order valence-corrected chi connectivity index (χ1v) is 5.67. The van der Waals surface area contributed by atoms with Crippen LogP contribution in [-0.2, 0) is 10.9 Å². The molecule has 0 bridgehead atoms. The Morgan fingerprint density at radius 2 is 1.81 bits per heavy atom. The Hall–Kier alpha value is -2.64. The molecule has 0 atom stereocenters. The first kappa shape index (κ1) is 14.8. The van der Waals surface area contributed by atoms with Crippen LogP contribution < -0.4 is 4.74 Å². The van der Waals surface area contributed by atoms with Crippen molar-refractivity contribution in [1.29, 1.82) is 0 Å². The zero-order valence-corrected chi connectivity index (χ0v) is 10.7. The molecule has 21 heavy (non-hydrogen) atoms. The predicted molar refractivity (Wildman–Crippen MR) is 64.9 cm³/mol. The number of carbonyl (C=O) groups excluding carboxylic acids is 1. The molecule has 5 nitrogen and oxygen atoms in total. The van der Waals surface area contributed by atoms with E-state index in [1.807, 2.05) is 0 Å². The van der Waals surface area contributed by atoms with Crippen LogP contribution >= 0.6 is 0 Å². The summed E-state index contributed by atoms with van der Waals surface area (Å²) >= 11 is 0. The minimum Gasteiger partial charge on any atom is -0.465 e. The zero-order valence-electron chi connectivity index (χ0n) is 10.7. The first-order chi connectivity index (χ1) is 9.91. The predicted octanol–water partition coefficient (Wildman–Crippen LogP) is 3.07. The number of nitrogens with zero attached hydrogens (tertiary/aromatic N) is 2. The lowest BCUT2D eigenvalue weighted by Gasteiger charge is -2.09. The molecule has 0 N–H and O–H groups in total. The van der Waals surface area contributed by atoms with Gasteiger partial charge in [0.2, 0.25) is 0 Å². The summed E-state index contributed by atoms with van der Waals surface area (Å²) in [6, 6.07) is 5.31. The number of aromatic nitrogens is 2. The minimum absolute atomic E-state index is 0.0207. The highest BCUT2D eigenvalue weighted by Crippen LogP contribution is 2.31. The standard InChI is InChI=1S/C13H9F3N2O3/c1-20-12(19)10-6-7-17-18-11(10)21-9-4-2-8(3-5-9)13(14,15)16/h2-7H,1H3. The average molecular weight is 298 g/mol. The summed E-state index contributed by atoms with van der Waals surface area (Å²) in [6.07, 6.45) is -3.16. The Kier molecular flexibility index (Phi) is 4.06. The van der Waals surface area contributed by atoms with Crippen molar-refractivity contribution >= 4 is 5.97 Å². The second-order valence-corrected chi connectivity index (χ2v) is 3.87. The summed E-state index contributed by atoms with van der Waals surface area (Å²) in [7, 11) is 1.19. The van der Waals surface area contributed by atoms with E-state index in [1.54, 1.807) is 0 Å². The van der Waals surface area contributed by atoms with Crippen LogP contribution in [0.15, 0.2) is 36.5 Å². The van der Waals surface area contributed by atoms with E-state index in [0.29, 0.717) is 0 Å². The van der Waals surface area contributed by atoms with E-state index in [2.05, 4.69) is 14.9 Å². The lowest BCUT2D eigenvalue weighted by atomic mass is 10.2. The second-order valence-electron chi connectivity index (χ2n) is 3.87. The number of esters is 1. The normalized spacial score (nSPS) is 11.0. The van der Waals surface area contributed by atoms with Crippen LogP contribution in [0.2, 0.25) is 0 Å². The monoisotopic (exact) mass is 298 g/mol. The molecule has 0 saturated heterocycles. The van der Waals surface area contributed by atoms with E-state index in [1.165, 1.54) is 19.4 Å². The van der Waals surface area contributed by atoms with Gasteiger partial charge in [0.25, 0.3) is 5.88 Å². The fourth-order valence-corrected chi connectivity index (χ4v) is 1.48. The Balaban J connectivity index is 2.25. The molecule has 1 aromatic carbocycles. The minimum atomic E-state index is -4.43. The van der Waals surface area contributed by atoms with Crippen LogP contribution in [0.25, 0.3) is 0 Å². The maximum absolute atomic E-state index is 12.4. The number of rotatable bonds is 3. The molecule has 8 heteroatoms. The van der Waals surface area contributed by atoms with Gasteiger partial charge in [0, 0.05) is 0 Å². The molecule has 0 aliphatic heterocycles. The largest absolute Gasteiger partial charge is 0.465 e. The summed E-state index contributed by atoms with van der Waals surface area (Å²) in [6.45, 7) is 0. The third kappa shape index (κ3) is 3.47. The van der Waals surface area contributed by atoms with Gasteiger partial charge in [-0.25, -0.2) is 4.79 Å². The fourth-order valence-electron chi connectivity index (χ4n) is 1.48.